The Kier molecular flexibility index (Phi) is 4.62. The van der Waals surface area contributed by atoms with Gasteiger partial charge in [0.15, 0.2) is 6.61 Å². The number of carbonyl (C=O) groups is 2. The average molecular weight is 311 g/mol. The third-order valence-electron chi connectivity index (χ3n) is 3.27. The van der Waals surface area contributed by atoms with Gasteiger partial charge in [-0.25, -0.2) is 8.42 Å². The average Bonchev–Trinajstić information content (AvgIpc) is 2.82. The first-order valence-electron chi connectivity index (χ1n) is 6.58. The van der Waals surface area contributed by atoms with Crippen molar-refractivity contribution in [3.8, 4) is 5.75 Å². The van der Waals surface area contributed by atoms with Crippen LogP contribution in [-0.2, 0) is 19.6 Å². The molecule has 0 radical (unpaired) electrons. The maximum absolute atomic E-state index is 11.3. The normalized spacial score (nSPS) is 18.5. The third kappa shape index (κ3) is 4.86. The van der Waals surface area contributed by atoms with Crippen LogP contribution in [0.25, 0.3) is 0 Å². The van der Waals surface area contributed by atoms with Gasteiger partial charge in [0, 0.05) is 12.8 Å². The van der Waals surface area contributed by atoms with Crippen molar-refractivity contribution in [3.63, 3.8) is 0 Å². The third-order valence-corrected chi connectivity index (χ3v) is 3.86. The number of ether oxygens (including phenoxy) is 1. The molecule has 1 aliphatic carbocycles. The molecular formula is C14H17NO5S. The van der Waals surface area contributed by atoms with Gasteiger partial charge in [0.25, 0.3) is 5.91 Å². The van der Waals surface area contributed by atoms with Gasteiger partial charge in [-0.1, -0.05) is 12.1 Å². The Morgan fingerprint density at radius 1 is 1.33 bits per heavy atom. The maximum Gasteiger partial charge on any atom is 0.271 e. The zero-order chi connectivity index (χ0) is 15.5. The maximum atomic E-state index is 11.3. The molecule has 0 saturated heterocycles. The lowest BCUT2D eigenvalue weighted by Crippen LogP contribution is -2.33. The Morgan fingerprint density at radius 3 is 2.52 bits per heavy atom. The Bertz CT molecular complexity index is 636. The molecule has 1 aliphatic rings. The van der Waals surface area contributed by atoms with Crippen molar-refractivity contribution < 1.29 is 22.7 Å². The van der Waals surface area contributed by atoms with E-state index in [4.69, 9.17) is 4.74 Å². The van der Waals surface area contributed by atoms with Gasteiger partial charge in [-0.3, -0.25) is 14.3 Å². The van der Waals surface area contributed by atoms with E-state index in [1.165, 1.54) is 0 Å². The fraction of sp³-hybridized carbons (Fsp3) is 0.429. The summed E-state index contributed by atoms with van der Waals surface area (Å²) in [5.41, 5.74) is 1.08. The minimum Gasteiger partial charge on any atom is -0.484 e. The summed E-state index contributed by atoms with van der Waals surface area (Å²) in [5.74, 6) is 0.313. The summed E-state index contributed by atoms with van der Waals surface area (Å²) in [6.07, 6.45) is 2.99. The Labute approximate surface area is 123 Å². The predicted molar refractivity (Wildman–Crippen MR) is 76.5 cm³/mol. The highest BCUT2D eigenvalue weighted by atomic mass is 32.2. The molecule has 21 heavy (non-hydrogen) atoms. The van der Waals surface area contributed by atoms with Gasteiger partial charge in [-0.05, 0) is 30.0 Å². The Morgan fingerprint density at radius 2 is 2.00 bits per heavy atom. The SMILES string of the molecule is CS(=O)(=O)NC(=O)COc1ccc([C@@H]2CCC(=O)C2)cc1. The largest absolute Gasteiger partial charge is 0.484 e. The lowest BCUT2D eigenvalue weighted by Gasteiger charge is -2.10. The van der Waals surface area contributed by atoms with E-state index in [1.807, 2.05) is 16.9 Å². The van der Waals surface area contributed by atoms with Crippen molar-refractivity contribution in [2.75, 3.05) is 12.9 Å². The summed E-state index contributed by atoms with van der Waals surface area (Å²) in [4.78, 5) is 22.6. The highest BCUT2D eigenvalue weighted by molar-refractivity contribution is 7.89. The summed E-state index contributed by atoms with van der Waals surface area (Å²) in [7, 11) is -3.56. The zero-order valence-electron chi connectivity index (χ0n) is 11.7. The first-order chi connectivity index (χ1) is 9.83. The fourth-order valence-corrected chi connectivity index (χ4v) is 2.79. The molecule has 1 fully saturated rings. The van der Waals surface area contributed by atoms with E-state index >= 15 is 0 Å². The van der Waals surface area contributed by atoms with E-state index < -0.39 is 15.9 Å². The minimum absolute atomic E-state index is 0.264. The predicted octanol–water partition coefficient (Wildman–Crippen LogP) is 0.978. The lowest BCUT2D eigenvalue weighted by molar-refractivity contribution is -0.121. The molecule has 0 aliphatic heterocycles. The number of ketones is 1. The molecule has 1 atom stereocenters. The van der Waals surface area contributed by atoms with Gasteiger partial charge in [-0.15, -0.1) is 0 Å². The summed E-state index contributed by atoms with van der Waals surface area (Å²) in [6.45, 7) is -0.367. The molecule has 1 amide bonds. The summed E-state index contributed by atoms with van der Waals surface area (Å²) in [5, 5.41) is 0. The molecule has 1 aromatic carbocycles. The molecule has 0 aromatic heterocycles. The topological polar surface area (TPSA) is 89.5 Å². The second-order valence-electron chi connectivity index (χ2n) is 5.13. The molecule has 0 heterocycles. The van der Waals surface area contributed by atoms with Crippen molar-refractivity contribution >= 4 is 21.7 Å². The smallest absolute Gasteiger partial charge is 0.271 e. The van der Waals surface area contributed by atoms with Gasteiger partial charge >= 0.3 is 0 Å². The van der Waals surface area contributed by atoms with Crippen LogP contribution in [0.3, 0.4) is 0 Å². The molecule has 0 unspecified atom stereocenters. The monoisotopic (exact) mass is 311 g/mol. The number of hydrogen-bond acceptors (Lipinski definition) is 5. The van der Waals surface area contributed by atoms with Crippen LogP contribution in [0.4, 0.5) is 0 Å². The van der Waals surface area contributed by atoms with E-state index in [0.717, 1.165) is 18.2 Å². The van der Waals surface area contributed by atoms with Crippen molar-refractivity contribution in [3.05, 3.63) is 29.8 Å². The number of carbonyl (C=O) groups excluding carboxylic acids is 2. The Hall–Kier alpha value is -1.89. The van der Waals surface area contributed by atoms with E-state index in [1.54, 1.807) is 12.1 Å². The van der Waals surface area contributed by atoms with E-state index in [-0.39, 0.29) is 18.3 Å². The first-order valence-corrected chi connectivity index (χ1v) is 8.48. The second kappa shape index (κ2) is 6.26. The number of nitrogens with one attached hydrogen (secondary N) is 1. The van der Waals surface area contributed by atoms with Crippen molar-refractivity contribution in [2.45, 2.75) is 25.2 Å². The standard InChI is InChI=1S/C14H17NO5S/c1-21(18,19)15-14(17)9-20-13-6-3-10(4-7-13)11-2-5-12(16)8-11/h3-4,6-7,11H,2,5,8-9H2,1H3,(H,15,17)/t11-/m1/s1. The van der Waals surface area contributed by atoms with Crippen LogP contribution in [0, 0.1) is 0 Å². The molecule has 1 aromatic rings. The minimum atomic E-state index is -3.56. The molecule has 114 valence electrons. The van der Waals surface area contributed by atoms with Crippen molar-refractivity contribution in [1.29, 1.82) is 0 Å². The molecule has 7 heteroatoms. The molecule has 2 rings (SSSR count). The van der Waals surface area contributed by atoms with E-state index in [0.29, 0.717) is 18.6 Å². The zero-order valence-corrected chi connectivity index (χ0v) is 12.5. The second-order valence-corrected chi connectivity index (χ2v) is 6.88. The summed E-state index contributed by atoms with van der Waals surface area (Å²) in [6, 6.07) is 7.16. The van der Waals surface area contributed by atoms with Crippen LogP contribution in [0.2, 0.25) is 0 Å². The molecule has 0 spiro atoms. The molecule has 1 saturated carbocycles. The number of benzene rings is 1. The summed E-state index contributed by atoms with van der Waals surface area (Å²) >= 11 is 0. The van der Waals surface area contributed by atoms with Gasteiger partial charge in [0.1, 0.15) is 11.5 Å². The van der Waals surface area contributed by atoms with Crippen LogP contribution in [0.1, 0.15) is 30.7 Å². The highest BCUT2D eigenvalue weighted by Gasteiger charge is 2.23. The highest BCUT2D eigenvalue weighted by Crippen LogP contribution is 2.32. The van der Waals surface area contributed by atoms with Crippen molar-refractivity contribution in [2.24, 2.45) is 0 Å². The molecule has 1 N–H and O–H groups in total. The van der Waals surface area contributed by atoms with Gasteiger partial charge in [0.2, 0.25) is 10.0 Å². The van der Waals surface area contributed by atoms with Crippen LogP contribution in [-0.4, -0.2) is 33.0 Å². The van der Waals surface area contributed by atoms with Gasteiger partial charge in [-0.2, -0.15) is 0 Å². The lowest BCUT2D eigenvalue weighted by atomic mass is 9.98. The van der Waals surface area contributed by atoms with Crippen molar-refractivity contribution in [1.82, 2.24) is 4.72 Å². The number of Topliss-reactive ketones (excluding diaryl/α,β-unsaturated/α-hetero) is 1. The number of hydrogen-bond donors (Lipinski definition) is 1. The van der Waals surface area contributed by atoms with E-state index in [2.05, 4.69) is 0 Å². The van der Waals surface area contributed by atoms with Crippen LogP contribution in [0.5, 0.6) is 5.75 Å². The number of sulfonamides is 1. The fourth-order valence-electron chi connectivity index (χ4n) is 2.32. The van der Waals surface area contributed by atoms with Crippen LogP contribution < -0.4 is 9.46 Å². The van der Waals surface area contributed by atoms with Crippen LogP contribution in [0.15, 0.2) is 24.3 Å². The van der Waals surface area contributed by atoms with Crippen LogP contribution >= 0.6 is 0 Å². The van der Waals surface area contributed by atoms with Gasteiger partial charge < -0.3 is 4.74 Å². The van der Waals surface area contributed by atoms with E-state index in [9.17, 15) is 18.0 Å². The van der Waals surface area contributed by atoms with Gasteiger partial charge in [0.05, 0.1) is 6.26 Å². The molecule has 0 bridgehead atoms. The quantitative estimate of drug-likeness (QED) is 0.875. The molecular weight excluding hydrogens is 294 g/mol. The number of amides is 1. The number of rotatable bonds is 5. The molecule has 6 nitrogen and oxygen atoms in total. The Balaban J connectivity index is 1.88. The first kappa shape index (κ1) is 15.5. The summed E-state index contributed by atoms with van der Waals surface area (Å²) < 4.78 is 28.7.